The van der Waals surface area contributed by atoms with Gasteiger partial charge in [0.2, 0.25) is 0 Å². The van der Waals surface area contributed by atoms with Crippen LogP contribution >= 0.6 is 25.3 Å². The average molecular weight is 174 g/mol. The van der Waals surface area contributed by atoms with E-state index in [-0.39, 0.29) is 0 Å². The molecule has 1 aliphatic carbocycles. The highest BCUT2D eigenvalue weighted by molar-refractivity contribution is 7.87. The molecule has 0 aromatic heterocycles. The molecule has 0 atom stereocenters. The molecule has 0 unspecified atom stereocenters. The Kier molecular flexibility index (Phi) is 3.71. The van der Waals surface area contributed by atoms with E-state index in [1.807, 2.05) is 5.41 Å². The maximum atomic E-state index is 4.36. The van der Waals surface area contributed by atoms with Gasteiger partial charge in [-0.2, -0.15) is 12.6 Å². The van der Waals surface area contributed by atoms with E-state index < -0.39 is 0 Å². The third-order valence-corrected chi connectivity index (χ3v) is 3.13. The second-order valence-electron chi connectivity index (χ2n) is 2.89. The second-order valence-corrected chi connectivity index (χ2v) is 3.66. The van der Waals surface area contributed by atoms with Gasteiger partial charge in [-0.3, -0.25) is 0 Å². The summed E-state index contributed by atoms with van der Waals surface area (Å²) in [5, 5.41) is 1.83. The van der Waals surface area contributed by atoms with E-state index >= 15 is 0 Å². The predicted octanol–water partition coefficient (Wildman–Crippen LogP) is 3.27. The van der Waals surface area contributed by atoms with Crippen molar-refractivity contribution in [2.24, 2.45) is 5.92 Å². The van der Waals surface area contributed by atoms with Crippen LogP contribution in [0.15, 0.2) is 10.3 Å². The van der Waals surface area contributed by atoms with E-state index in [1.54, 1.807) is 0 Å². The first kappa shape index (κ1) is 8.54. The summed E-state index contributed by atoms with van der Waals surface area (Å²) in [7, 11) is 0. The number of thiol groups is 2. The lowest BCUT2D eigenvalue weighted by atomic mass is 9.89. The topological polar surface area (TPSA) is 0 Å². The molecular weight excluding hydrogens is 160 g/mol. The Balaban J connectivity index is 2.39. The molecule has 0 bridgehead atoms. The summed E-state index contributed by atoms with van der Waals surface area (Å²) in [5.74, 6) is 0.717. The molecule has 0 N–H and O–H groups in total. The maximum Gasteiger partial charge on any atom is -0.00928 e. The molecule has 0 aromatic rings. The van der Waals surface area contributed by atoms with Crippen molar-refractivity contribution >= 4 is 25.3 Å². The van der Waals surface area contributed by atoms with Crippen molar-refractivity contribution in [1.82, 2.24) is 0 Å². The highest BCUT2D eigenvalue weighted by atomic mass is 32.1. The smallest absolute Gasteiger partial charge is 0.00928 e. The van der Waals surface area contributed by atoms with Crippen LogP contribution in [0.1, 0.15) is 32.1 Å². The zero-order valence-electron chi connectivity index (χ0n) is 6.08. The van der Waals surface area contributed by atoms with Gasteiger partial charge in [0.25, 0.3) is 0 Å². The van der Waals surface area contributed by atoms with Gasteiger partial charge < -0.3 is 0 Å². The zero-order chi connectivity index (χ0) is 7.40. The second kappa shape index (κ2) is 4.35. The Morgan fingerprint density at radius 2 is 1.80 bits per heavy atom. The van der Waals surface area contributed by atoms with Crippen LogP contribution in [-0.4, -0.2) is 0 Å². The molecule has 0 aliphatic heterocycles. The highest BCUT2D eigenvalue weighted by Crippen LogP contribution is 2.31. The van der Waals surface area contributed by atoms with E-state index in [0.29, 0.717) is 0 Å². The van der Waals surface area contributed by atoms with Gasteiger partial charge in [-0.25, -0.2) is 0 Å². The first-order chi connectivity index (χ1) is 4.84. The fourth-order valence-corrected chi connectivity index (χ4v) is 1.97. The van der Waals surface area contributed by atoms with Crippen molar-refractivity contribution in [3.05, 3.63) is 10.3 Å². The lowest BCUT2D eigenvalue weighted by molar-refractivity contribution is 0.415. The minimum Gasteiger partial charge on any atom is -0.151 e. The Morgan fingerprint density at radius 3 is 2.30 bits per heavy atom. The molecule has 0 nitrogen and oxygen atoms in total. The molecule has 1 fully saturated rings. The molecule has 1 aliphatic rings. The lowest BCUT2D eigenvalue weighted by Gasteiger charge is -2.20. The molecular formula is C8H14S2. The summed E-state index contributed by atoms with van der Waals surface area (Å²) >= 11 is 8.44. The van der Waals surface area contributed by atoms with Crippen LogP contribution < -0.4 is 0 Å². The van der Waals surface area contributed by atoms with E-state index in [1.165, 1.54) is 37.0 Å². The van der Waals surface area contributed by atoms with Gasteiger partial charge in [0.05, 0.1) is 0 Å². The Morgan fingerprint density at radius 1 is 1.20 bits per heavy atom. The molecule has 0 aromatic carbocycles. The molecule has 2 heteroatoms. The lowest BCUT2D eigenvalue weighted by Crippen LogP contribution is -2.05. The molecule has 58 valence electrons. The van der Waals surface area contributed by atoms with Crippen molar-refractivity contribution in [3.8, 4) is 0 Å². The van der Waals surface area contributed by atoms with Crippen molar-refractivity contribution in [1.29, 1.82) is 0 Å². The van der Waals surface area contributed by atoms with Crippen LogP contribution in [0, 0.1) is 5.92 Å². The summed E-state index contributed by atoms with van der Waals surface area (Å²) in [6.45, 7) is 0. The molecule has 0 saturated heterocycles. The summed E-state index contributed by atoms with van der Waals surface area (Å²) in [6.07, 6.45) is 6.78. The van der Waals surface area contributed by atoms with Crippen LogP contribution in [0.5, 0.6) is 0 Å². The van der Waals surface area contributed by atoms with E-state index in [0.717, 1.165) is 5.92 Å². The molecule has 0 amide bonds. The Hall–Kier alpha value is 0.440. The fourth-order valence-electron chi connectivity index (χ4n) is 1.50. The fraction of sp³-hybridized carbons (Fsp3) is 0.750. The third kappa shape index (κ3) is 2.24. The van der Waals surface area contributed by atoms with E-state index in [2.05, 4.69) is 25.3 Å². The number of allylic oxidation sites excluding steroid dienone is 1. The summed E-state index contributed by atoms with van der Waals surface area (Å²) in [6, 6.07) is 0. The highest BCUT2D eigenvalue weighted by Gasteiger charge is 2.14. The van der Waals surface area contributed by atoms with Gasteiger partial charge in [0.15, 0.2) is 0 Å². The first-order valence-corrected chi connectivity index (χ1v) is 4.84. The largest absolute Gasteiger partial charge is 0.151 e. The van der Waals surface area contributed by atoms with Crippen molar-refractivity contribution < 1.29 is 0 Å². The zero-order valence-corrected chi connectivity index (χ0v) is 7.87. The standard InChI is InChI=1S/C8H14S2/c9-6-8(10)7-4-2-1-3-5-7/h6-7,9-10H,1-5H2. The van der Waals surface area contributed by atoms with Crippen LogP contribution in [0.3, 0.4) is 0 Å². The number of rotatable bonds is 1. The van der Waals surface area contributed by atoms with Crippen molar-refractivity contribution in [3.63, 3.8) is 0 Å². The van der Waals surface area contributed by atoms with Gasteiger partial charge in [0, 0.05) is 0 Å². The quantitative estimate of drug-likeness (QED) is 0.560. The molecule has 10 heavy (non-hydrogen) atoms. The van der Waals surface area contributed by atoms with Gasteiger partial charge >= 0.3 is 0 Å². The Bertz CT molecular complexity index is 123. The van der Waals surface area contributed by atoms with Crippen LogP contribution in [0.4, 0.5) is 0 Å². The van der Waals surface area contributed by atoms with Gasteiger partial charge in [-0.15, -0.1) is 12.6 Å². The van der Waals surface area contributed by atoms with Crippen LogP contribution in [0.25, 0.3) is 0 Å². The molecule has 1 saturated carbocycles. The van der Waals surface area contributed by atoms with Gasteiger partial charge in [0.1, 0.15) is 0 Å². The first-order valence-electron chi connectivity index (χ1n) is 3.88. The maximum absolute atomic E-state index is 4.36. The summed E-state index contributed by atoms with van der Waals surface area (Å²) < 4.78 is 0. The van der Waals surface area contributed by atoms with Crippen molar-refractivity contribution in [2.45, 2.75) is 32.1 Å². The molecule has 0 spiro atoms. The minimum atomic E-state index is 0.717. The molecule has 0 heterocycles. The normalized spacial score (nSPS) is 23.2. The number of hydrogen-bond acceptors (Lipinski definition) is 2. The number of hydrogen-bond donors (Lipinski definition) is 2. The predicted molar refractivity (Wildman–Crippen MR) is 52.6 cm³/mol. The van der Waals surface area contributed by atoms with E-state index in [4.69, 9.17) is 0 Å². The SMILES string of the molecule is SC=C(S)C1CCCCC1. The van der Waals surface area contributed by atoms with Crippen molar-refractivity contribution in [2.75, 3.05) is 0 Å². The van der Waals surface area contributed by atoms with E-state index in [9.17, 15) is 0 Å². The van der Waals surface area contributed by atoms with Gasteiger partial charge in [-0.05, 0) is 29.1 Å². The summed E-state index contributed by atoms with van der Waals surface area (Å²) in [5.41, 5.74) is 0. The third-order valence-electron chi connectivity index (χ3n) is 2.16. The summed E-state index contributed by atoms with van der Waals surface area (Å²) in [4.78, 5) is 1.17. The monoisotopic (exact) mass is 174 g/mol. The minimum absolute atomic E-state index is 0.717. The molecule has 1 rings (SSSR count). The van der Waals surface area contributed by atoms with Crippen LogP contribution in [-0.2, 0) is 0 Å². The average Bonchev–Trinajstić information content (AvgIpc) is 2.05. The molecule has 0 radical (unpaired) electrons. The Labute approximate surface area is 73.9 Å². The van der Waals surface area contributed by atoms with Gasteiger partial charge in [-0.1, -0.05) is 19.3 Å². The van der Waals surface area contributed by atoms with Crippen LogP contribution in [0.2, 0.25) is 0 Å².